The van der Waals surface area contributed by atoms with Gasteiger partial charge in [0.25, 0.3) is 0 Å². The van der Waals surface area contributed by atoms with Crippen molar-refractivity contribution in [2.24, 2.45) is 10.8 Å². The molecule has 0 spiro atoms. The number of ether oxygens (including phenoxy) is 1. The molecule has 0 saturated heterocycles. The van der Waals surface area contributed by atoms with Crippen molar-refractivity contribution >= 4 is 11.6 Å². The first kappa shape index (κ1) is 47.4. The van der Waals surface area contributed by atoms with E-state index in [1.165, 1.54) is 0 Å². The maximum absolute atomic E-state index is 13.2. The minimum atomic E-state index is -1.76. The molecule has 2 aliphatic carbocycles. The maximum Gasteiger partial charge on any atom is 0.187 e. The second kappa shape index (κ2) is 21.5. The van der Waals surface area contributed by atoms with Crippen LogP contribution in [-0.4, -0.2) is 92.0 Å². The lowest BCUT2D eigenvalue weighted by Crippen LogP contribution is -2.48. The standard InChI is InChI=1S/C46H64O9/c1-29(17-13-19-31(3)21-23-35-33(5)41(51)37(48)25-45(35,7)8)15-11-12-16-30(2)18-14-20-32(4)22-24-36-34(6)42(52)40(26-46(36,9)10)55-28-39(50)44(54)43(53)38(49)27-47/h11-24,37-40,43-44,47-50,53-54H,25-28H2,1-10H3/b12-11+,17-13+,18-14+,23-21+,24-22+,29-15+,30-16+,31-19+,32-20+. The first-order valence-electron chi connectivity index (χ1n) is 18.8. The quantitative estimate of drug-likeness (QED) is 0.0926. The van der Waals surface area contributed by atoms with E-state index in [2.05, 4.69) is 13.8 Å². The molecule has 2 aliphatic rings. The van der Waals surface area contributed by atoms with Crippen molar-refractivity contribution in [3.8, 4) is 0 Å². The SMILES string of the molecule is CC1=C(/C=C/C(C)=C/C=C/C(C)=C/C=C/C=C(C)/C=C/C=C(C)/C=C/C2=C(C)C(=O)C(OCC(O)C(O)C(O)C(O)CO)CC2(C)C)C(C)(C)CC(O)C1=O. The van der Waals surface area contributed by atoms with Gasteiger partial charge in [-0.2, -0.15) is 0 Å². The van der Waals surface area contributed by atoms with E-state index in [1.54, 1.807) is 13.8 Å². The molecule has 0 aliphatic heterocycles. The molecule has 2 rings (SSSR count). The molecule has 0 fully saturated rings. The molecule has 0 aromatic carbocycles. The lowest BCUT2D eigenvalue weighted by Gasteiger charge is -2.37. The van der Waals surface area contributed by atoms with Crippen LogP contribution in [0.4, 0.5) is 0 Å². The normalized spacial score (nSPS) is 24.4. The van der Waals surface area contributed by atoms with Gasteiger partial charge in [0.15, 0.2) is 11.6 Å². The van der Waals surface area contributed by atoms with Crippen molar-refractivity contribution < 1.29 is 45.0 Å². The van der Waals surface area contributed by atoms with Crippen molar-refractivity contribution in [3.63, 3.8) is 0 Å². The Bertz CT molecular complexity index is 1720. The Labute approximate surface area is 328 Å². The maximum atomic E-state index is 13.2. The zero-order chi connectivity index (χ0) is 41.7. The minimum Gasteiger partial charge on any atom is -0.394 e. The molecule has 0 saturated carbocycles. The number of Topliss-reactive ketones (excluding diaryl/α,β-unsaturated/α-hetero) is 2. The monoisotopic (exact) mass is 760 g/mol. The number of carbonyl (C=O) groups is 2. The fraction of sp³-hybridized carbons (Fsp3) is 0.478. The molecule has 0 heterocycles. The van der Waals surface area contributed by atoms with Crippen LogP contribution in [0.3, 0.4) is 0 Å². The van der Waals surface area contributed by atoms with Crippen LogP contribution in [0, 0.1) is 10.8 Å². The van der Waals surface area contributed by atoms with Gasteiger partial charge in [-0.3, -0.25) is 9.59 Å². The predicted octanol–water partition coefficient (Wildman–Crippen LogP) is 6.37. The molecule has 9 heteroatoms. The zero-order valence-electron chi connectivity index (χ0n) is 34.3. The third-order valence-electron chi connectivity index (χ3n) is 10.1. The van der Waals surface area contributed by atoms with Gasteiger partial charge in [0.2, 0.25) is 0 Å². The van der Waals surface area contributed by atoms with Gasteiger partial charge in [-0.15, -0.1) is 0 Å². The van der Waals surface area contributed by atoms with E-state index in [-0.39, 0.29) is 17.0 Å². The third kappa shape index (κ3) is 14.3. The molecule has 9 nitrogen and oxygen atoms in total. The van der Waals surface area contributed by atoms with Gasteiger partial charge in [0, 0.05) is 0 Å². The Balaban J connectivity index is 1.96. The molecule has 6 N–H and O–H groups in total. The molecule has 302 valence electrons. The van der Waals surface area contributed by atoms with E-state index < -0.39 is 55.3 Å². The van der Waals surface area contributed by atoms with E-state index in [1.807, 2.05) is 127 Å². The number of ketones is 2. The summed E-state index contributed by atoms with van der Waals surface area (Å²) in [7, 11) is 0. The molecule has 0 aromatic rings. The van der Waals surface area contributed by atoms with Gasteiger partial charge in [0.05, 0.1) is 13.2 Å². The summed E-state index contributed by atoms with van der Waals surface area (Å²) in [6.45, 7) is 18.5. The van der Waals surface area contributed by atoms with Gasteiger partial charge >= 0.3 is 0 Å². The first-order chi connectivity index (χ1) is 25.6. The second-order valence-corrected chi connectivity index (χ2v) is 16.0. The highest BCUT2D eigenvalue weighted by molar-refractivity contribution is 6.01. The van der Waals surface area contributed by atoms with Crippen LogP contribution in [-0.2, 0) is 14.3 Å². The second-order valence-electron chi connectivity index (χ2n) is 16.0. The van der Waals surface area contributed by atoms with Crippen molar-refractivity contribution in [1.29, 1.82) is 0 Å². The van der Waals surface area contributed by atoms with Gasteiger partial charge in [-0.25, -0.2) is 0 Å². The van der Waals surface area contributed by atoms with Crippen LogP contribution in [0.1, 0.15) is 82.1 Å². The highest BCUT2D eigenvalue weighted by atomic mass is 16.5. The average molecular weight is 761 g/mol. The molecule has 6 unspecified atom stereocenters. The van der Waals surface area contributed by atoms with E-state index in [9.17, 15) is 35.1 Å². The van der Waals surface area contributed by atoms with E-state index in [4.69, 9.17) is 9.84 Å². The fourth-order valence-electron chi connectivity index (χ4n) is 6.61. The van der Waals surface area contributed by atoms with Crippen LogP contribution in [0.2, 0.25) is 0 Å². The van der Waals surface area contributed by atoms with Crippen LogP contribution in [0.25, 0.3) is 0 Å². The van der Waals surface area contributed by atoms with Crippen molar-refractivity contribution in [1.82, 2.24) is 0 Å². The molecular formula is C46H64O9. The van der Waals surface area contributed by atoms with Gasteiger partial charge in [-0.05, 0) is 87.5 Å². The summed E-state index contributed by atoms with van der Waals surface area (Å²) in [6.07, 6.45) is 20.3. The van der Waals surface area contributed by atoms with E-state index in [0.29, 0.717) is 24.0 Å². The van der Waals surface area contributed by atoms with Crippen molar-refractivity contribution in [2.75, 3.05) is 13.2 Å². The third-order valence-corrected chi connectivity index (χ3v) is 10.1. The summed E-state index contributed by atoms with van der Waals surface area (Å²) in [5.74, 6) is -0.415. The largest absolute Gasteiger partial charge is 0.394 e. The fourth-order valence-corrected chi connectivity index (χ4v) is 6.61. The Morgan fingerprint density at radius 1 is 0.655 bits per heavy atom. The summed E-state index contributed by atoms with van der Waals surface area (Å²) < 4.78 is 5.68. The molecule has 0 radical (unpaired) electrons. The number of aliphatic hydroxyl groups is 6. The molecular weight excluding hydrogens is 696 g/mol. The van der Waals surface area contributed by atoms with E-state index >= 15 is 0 Å². The number of aliphatic hydroxyl groups excluding tert-OH is 6. The minimum absolute atomic E-state index is 0.192. The zero-order valence-corrected chi connectivity index (χ0v) is 34.3. The molecule has 0 bridgehead atoms. The smallest absolute Gasteiger partial charge is 0.187 e. The van der Waals surface area contributed by atoms with Crippen molar-refractivity contribution in [2.45, 2.75) is 119 Å². The summed E-state index contributed by atoms with van der Waals surface area (Å²) in [6, 6.07) is 0. The molecule has 6 atom stereocenters. The molecule has 0 aromatic heterocycles. The summed E-state index contributed by atoms with van der Waals surface area (Å²) >= 11 is 0. The summed E-state index contributed by atoms with van der Waals surface area (Å²) in [5, 5.41) is 58.7. The topological polar surface area (TPSA) is 165 Å². The Morgan fingerprint density at radius 2 is 1.05 bits per heavy atom. The van der Waals surface area contributed by atoms with Gasteiger partial charge in [0.1, 0.15) is 36.6 Å². The molecule has 0 amide bonds. The van der Waals surface area contributed by atoms with E-state index in [0.717, 1.165) is 33.4 Å². The van der Waals surface area contributed by atoms with Crippen LogP contribution in [0.15, 0.2) is 130 Å². The lowest BCUT2D eigenvalue weighted by molar-refractivity contribution is -0.146. The van der Waals surface area contributed by atoms with Crippen LogP contribution < -0.4 is 0 Å². The first-order valence-corrected chi connectivity index (χ1v) is 18.8. The average Bonchev–Trinajstić information content (AvgIpc) is 3.11. The Morgan fingerprint density at radius 3 is 1.53 bits per heavy atom. The Kier molecular flexibility index (Phi) is 18.5. The van der Waals surface area contributed by atoms with Crippen LogP contribution in [0.5, 0.6) is 0 Å². The summed E-state index contributed by atoms with van der Waals surface area (Å²) in [4.78, 5) is 25.4. The lowest BCUT2D eigenvalue weighted by atomic mass is 9.71. The number of hydrogen-bond donors (Lipinski definition) is 6. The Hall–Kier alpha value is -3.80. The summed E-state index contributed by atoms with van der Waals surface area (Å²) in [5.41, 5.74) is 6.53. The number of rotatable bonds is 17. The van der Waals surface area contributed by atoms with Gasteiger partial charge in [-0.1, -0.05) is 135 Å². The number of carbonyl (C=O) groups excluding carboxylic acids is 2. The molecule has 55 heavy (non-hydrogen) atoms. The van der Waals surface area contributed by atoms with Gasteiger partial charge < -0.3 is 35.4 Å². The van der Waals surface area contributed by atoms with Crippen LogP contribution >= 0.6 is 0 Å². The highest BCUT2D eigenvalue weighted by Crippen LogP contribution is 2.41. The van der Waals surface area contributed by atoms with Crippen molar-refractivity contribution in [3.05, 3.63) is 130 Å². The predicted molar refractivity (Wildman–Crippen MR) is 220 cm³/mol. The number of allylic oxidation sites excluding steroid dienone is 20. The number of hydrogen-bond acceptors (Lipinski definition) is 9. The highest BCUT2D eigenvalue weighted by Gasteiger charge is 2.40.